The van der Waals surface area contributed by atoms with E-state index >= 15 is 0 Å². The molecule has 4 nitrogen and oxygen atoms in total. The van der Waals surface area contributed by atoms with E-state index in [1.54, 1.807) is 43.5 Å². The van der Waals surface area contributed by atoms with Crippen molar-refractivity contribution >= 4 is 40.6 Å². The van der Waals surface area contributed by atoms with E-state index in [2.05, 4.69) is 5.32 Å². The summed E-state index contributed by atoms with van der Waals surface area (Å²) in [7, 11) is 1.54. The predicted octanol–water partition coefficient (Wildman–Crippen LogP) is 6.34. The van der Waals surface area contributed by atoms with Crippen LogP contribution in [0.25, 0.3) is 0 Å². The first kappa shape index (κ1) is 21.7. The summed E-state index contributed by atoms with van der Waals surface area (Å²) < 4.78 is 5.36. The Morgan fingerprint density at radius 2 is 1.79 bits per heavy atom. The van der Waals surface area contributed by atoms with Crippen LogP contribution < -0.4 is 10.1 Å². The van der Waals surface area contributed by atoms with Crippen LogP contribution in [-0.2, 0) is 11.2 Å². The molecule has 154 valence electrons. The fraction of sp³-hybridized carbons (Fsp3) is 0.391. The molecule has 1 aliphatic carbocycles. The lowest BCUT2D eigenvalue weighted by Crippen LogP contribution is -2.19. The first-order chi connectivity index (χ1) is 14.0. The molecule has 6 heteroatoms. The van der Waals surface area contributed by atoms with Gasteiger partial charge in [0.1, 0.15) is 5.75 Å². The van der Waals surface area contributed by atoms with E-state index in [4.69, 9.17) is 27.9 Å². The first-order valence-corrected chi connectivity index (χ1v) is 10.7. The van der Waals surface area contributed by atoms with Gasteiger partial charge in [-0.05, 0) is 54.7 Å². The summed E-state index contributed by atoms with van der Waals surface area (Å²) in [6.07, 6.45) is 6.55. The molecule has 0 atom stereocenters. The third-order valence-corrected chi connectivity index (χ3v) is 6.08. The van der Waals surface area contributed by atoms with Crippen LogP contribution in [0.5, 0.6) is 5.75 Å². The summed E-state index contributed by atoms with van der Waals surface area (Å²) in [5.74, 6) is 0.861. The van der Waals surface area contributed by atoms with Gasteiger partial charge in [-0.25, -0.2) is 0 Å². The molecular formula is C23H25Cl2NO3. The highest BCUT2D eigenvalue weighted by Gasteiger charge is 2.19. The zero-order valence-electron chi connectivity index (χ0n) is 16.5. The predicted molar refractivity (Wildman–Crippen MR) is 117 cm³/mol. The number of amides is 1. The maximum Gasteiger partial charge on any atom is 0.224 e. The van der Waals surface area contributed by atoms with Gasteiger partial charge < -0.3 is 10.1 Å². The van der Waals surface area contributed by atoms with Crippen LogP contribution in [0, 0.1) is 5.92 Å². The van der Waals surface area contributed by atoms with Crippen molar-refractivity contribution in [3.8, 4) is 5.75 Å². The Morgan fingerprint density at radius 1 is 1.03 bits per heavy atom. The van der Waals surface area contributed by atoms with Crippen LogP contribution in [0.15, 0.2) is 36.4 Å². The fourth-order valence-corrected chi connectivity index (χ4v) is 4.09. The van der Waals surface area contributed by atoms with Crippen molar-refractivity contribution in [2.45, 2.75) is 44.9 Å². The first-order valence-electron chi connectivity index (χ1n) is 9.91. The number of carbonyl (C=O) groups excluding carboxylic acids is 2. The second-order valence-electron chi connectivity index (χ2n) is 7.52. The zero-order valence-corrected chi connectivity index (χ0v) is 18.0. The number of benzene rings is 2. The van der Waals surface area contributed by atoms with Gasteiger partial charge in [0.25, 0.3) is 0 Å². The normalized spacial score (nSPS) is 14.4. The number of ether oxygens (including phenoxy) is 1. The number of halogens is 2. The molecule has 0 radical (unpaired) electrons. The number of Topliss-reactive ketones (excluding diaryl/α,β-unsaturated/α-hetero) is 1. The van der Waals surface area contributed by atoms with E-state index in [1.807, 2.05) is 0 Å². The summed E-state index contributed by atoms with van der Waals surface area (Å²) in [6, 6.07) is 10.2. The van der Waals surface area contributed by atoms with Gasteiger partial charge >= 0.3 is 0 Å². The monoisotopic (exact) mass is 433 g/mol. The minimum absolute atomic E-state index is 0.0377. The number of hydrogen-bond acceptors (Lipinski definition) is 3. The molecule has 0 aromatic heterocycles. The van der Waals surface area contributed by atoms with Crippen LogP contribution in [0.2, 0.25) is 10.0 Å². The second-order valence-corrected chi connectivity index (χ2v) is 8.33. The molecule has 1 N–H and O–H groups in total. The van der Waals surface area contributed by atoms with Crippen LogP contribution >= 0.6 is 23.2 Å². The van der Waals surface area contributed by atoms with E-state index in [1.165, 1.54) is 19.3 Å². The standard InChI is InChI=1S/C23H25Cl2NO3/c1-29-22-10-8-17(21(27)12-16-7-9-18(24)19(25)11-16)14-20(22)26-23(28)13-15-5-3-2-4-6-15/h7-11,14-15H,2-6,12-13H2,1H3,(H,26,28). The molecule has 0 aliphatic heterocycles. The van der Waals surface area contributed by atoms with Crippen molar-refractivity contribution in [2.24, 2.45) is 5.92 Å². The molecule has 0 saturated heterocycles. The summed E-state index contributed by atoms with van der Waals surface area (Å²) in [6.45, 7) is 0. The van der Waals surface area contributed by atoms with Crippen molar-refractivity contribution < 1.29 is 14.3 Å². The molecule has 3 rings (SSSR count). The topological polar surface area (TPSA) is 55.4 Å². The molecule has 0 bridgehead atoms. The molecule has 2 aromatic carbocycles. The molecule has 1 fully saturated rings. The molecule has 1 amide bonds. The third kappa shape index (κ3) is 5.97. The Balaban J connectivity index is 1.70. The quantitative estimate of drug-likeness (QED) is 0.518. The molecule has 0 spiro atoms. The van der Waals surface area contributed by atoms with Gasteiger partial charge in [0.15, 0.2) is 5.78 Å². The van der Waals surface area contributed by atoms with E-state index in [9.17, 15) is 9.59 Å². The highest BCUT2D eigenvalue weighted by atomic mass is 35.5. The van der Waals surface area contributed by atoms with Crippen LogP contribution in [-0.4, -0.2) is 18.8 Å². The molecule has 2 aromatic rings. The SMILES string of the molecule is COc1ccc(C(=O)Cc2ccc(Cl)c(Cl)c2)cc1NC(=O)CC1CCCCC1. The molecule has 1 saturated carbocycles. The number of anilines is 1. The van der Waals surface area contributed by atoms with Gasteiger partial charge in [0.2, 0.25) is 5.91 Å². The number of methoxy groups -OCH3 is 1. The summed E-state index contributed by atoms with van der Waals surface area (Å²) in [4.78, 5) is 25.2. The minimum atomic E-state index is -0.0752. The van der Waals surface area contributed by atoms with Gasteiger partial charge in [-0.15, -0.1) is 0 Å². The lowest BCUT2D eigenvalue weighted by atomic mass is 9.87. The van der Waals surface area contributed by atoms with Gasteiger partial charge in [-0.1, -0.05) is 48.5 Å². The number of hydrogen-bond donors (Lipinski definition) is 1. The Kier molecular flexibility index (Phi) is 7.57. The van der Waals surface area contributed by atoms with E-state index in [0.29, 0.717) is 39.4 Å². The summed E-state index contributed by atoms with van der Waals surface area (Å²) in [5, 5.41) is 3.80. The summed E-state index contributed by atoms with van der Waals surface area (Å²) >= 11 is 12.0. The fourth-order valence-electron chi connectivity index (χ4n) is 3.77. The van der Waals surface area contributed by atoms with Gasteiger partial charge in [0, 0.05) is 18.4 Å². The van der Waals surface area contributed by atoms with Gasteiger partial charge in [-0.3, -0.25) is 9.59 Å². The van der Waals surface area contributed by atoms with E-state index in [0.717, 1.165) is 18.4 Å². The Labute approximate surface area is 181 Å². The number of rotatable bonds is 7. The smallest absolute Gasteiger partial charge is 0.224 e. The largest absolute Gasteiger partial charge is 0.495 e. The second kappa shape index (κ2) is 10.1. The van der Waals surface area contributed by atoms with Gasteiger partial charge in [-0.2, -0.15) is 0 Å². The highest BCUT2D eigenvalue weighted by molar-refractivity contribution is 6.42. The number of ketones is 1. The summed E-state index contributed by atoms with van der Waals surface area (Å²) in [5.41, 5.74) is 1.81. The van der Waals surface area contributed by atoms with E-state index < -0.39 is 0 Å². The van der Waals surface area contributed by atoms with E-state index in [-0.39, 0.29) is 18.1 Å². The molecule has 0 heterocycles. The third-order valence-electron chi connectivity index (χ3n) is 5.34. The average Bonchev–Trinajstić information content (AvgIpc) is 2.71. The maximum atomic E-state index is 12.7. The van der Waals surface area contributed by atoms with Crippen molar-refractivity contribution in [3.63, 3.8) is 0 Å². The van der Waals surface area contributed by atoms with Crippen molar-refractivity contribution in [1.82, 2.24) is 0 Å². The van der Waals surface area contributed by atoms with Gasteiger partial charge in [0.05, 0.1) is 22.8 Å². The van der Waals surface area contributed by atoms with Crippen LogP contribution in [0.1, 0.15) is 54.4 Å². The molecule has 1 aliphatic rings. The zero-order chi connectivity index (χ0) is 20.8. The molecule has 29 heavy (non-hydrogen) atoms. The van der Waals surface area contributed by atoms with Crippen molar-refractivity contribution in [3.05, 3.63) is 57.6 Å². The van der Waals surface area contributed by atoms with Crippen LogP contribution in [0.4, 0.5) is 5.69 Å². The number of carbonyl (C=O) groups is 2. The minimum Gasteiger partial charge on any atom is -0.495 e. The maximum absolute atomic E-state index is 12.7. The molecular weight excluding hydrogens is 409 g/mol. The highest BCUT2D eigenvalue weighted by Crippen LogP contribution is 2.30. The Morgan fingerprint density at radius 3 is 2.48 bits per heavy atom. The average molecular weight is 434 g/mol. The lowest BCUT2D eigenvalue weighted by Gasteiger charge is -2.21. The molecule has 0 unspecified atom stereocenters. The van der Waals surface area contributed by atoms with Crippen molar-refractivity contribution in [1.29, 1.82) is 0 Å². The van der Waals surface area contributed by atoms with Crippen molar-refractivity contribution in [2.75, 3.05) is 12.4 Å². The lowest BCUT2D eigenvalue weighted by molar-refractivity contribution is -0.117. The van der Waals surface area contributed by atoms with Crippen LogP contribution in [0.3, 0.4) is 0 Å². The Hall–Kier alpha value is -2.04. The Bertz CT molecular complexity index is 892. The number of nitrogens with one attached hydrogen (secondary N) is 1.